The van der Waals surface area contributed by atoms with E-state index in [0.29, 0.717) is 0 Å². The lowest BCUT2D eigenvalue weighted by atomic mass is 9.68. The van der Waals surface area contributed by atoms with Gasteiger partial charge in [-0.05, 0) is 50.3 Å². The maximum Gasteiger partial charge on any atom is 0.251 e. The van der Waals surface area contributed by atoms with E-state index >= 15 is 0 Å². The van der Waals surface area contributed by atoms with E-state index in [2.05, 4.69) is 43.9 Å². The van der Waals surface area contributed by atoms with Crippen molar-refractivity contribution in [3.63, 3.8) is 0 Å². The number of hydrogen-bond acceptors (Lipinski definition) is 4. The van der Waals surface area contributed by atoms with Crippen molar-refractivity contribution in [2.24, 2.45) is 5.92 Å². The van der Waals surface area contributed by atoms with Gasteiger partial charge >= 0.3 is 0 Å². The highest BCUT2D eigenvalue weighted by atomic mass is 16.5. The van der Waals surface area contributed by atoms with Crippen molar-refractivity contribution in [2.45, 2.75) is 52.1 Å². The zero-order valence-corrected chi connectivity index (χ0v) is 18.1. The average molecular weight is 386 g/mol. The van der Waals surface area contributed by atoms with Crippen LogP contribution in [0.15, 0.2) is 24.3 Å². The number of piperazine rings is 1. The third kappa shape index (κ3) is 4.92. The van der Waals surface area contributed by atoms with Crippen LogP contribution < -0.4 is 0 Å². The van der Waals surface area contributed by atoms with E-state index in [1.54, 1.807) is 14.0 Å². The van der Waals surface area contributed by atoms with E-state index in [0.717, 1.165) is 51.1 Å². The molecule has 0 N–H and O–H groups in total. The number of amides is 1. The van der Waals surface area contributed by atoms with Crippen molar-refractivity contribution in [1.29, 1.82) is 5.26 Å². The summed E-state index contributed by atoms with van der Waals surface area (Å²) in [6, 6.07) is 10.9. The van der Waals surface area contributed by atoms with Gasteiger partial charge in [-0.1, -0.05) is 38.1 Å². The highest BCUT2D eigenvalue weighted by Gasteiger charge is 2.36. The van der Waals surface area contributed by atoms with Crippen LogP contribution in [0, 0.1) is 24.2 Å². The number of nitrogens with zero attached hydrogens (tertiary/aromatic N) is 3. The van der Waals surface area contributed by atoms with E-state index < -0.39 is 5.41 Å². The molecule has 0 unspecified atom stereocenters. The van der Waals surface area contributed by atoms with Crippen LogP contribution in [0.2, 0.25) is 0 Å². The Morgan fingerprint density at radius 1 is 1.21 bits per heavy atom. The molecule has 0 bridgehead atoms. The van der Waals surface area contributed by atoms with Crippen molar-refractivity contribution in [3.05, 3.63) is 35.4 Å². The standard InChI is InChI=1S/C23H35N3O2/c1-18(2)23(17-24,21-10-7-6-9-19(21)3)11-8-12-25-13-15-26(16-14-25)22(27)20(4)28-5/h6-7,9-10,18,20H,8,11-16H2,1-5H3/t20-,23+/m1/s1. The zero-order chi connectivity index (χ0) is 20.7. The Morgan fingerprint density at radius 2 is 1.86 bits per heavy atom. The molecule has 1 heterocycles. The average Bonchev–Trinajstić information content (AvgIpc) is 2.71. The topological polar surface area (TPSA) is 56.6 Å². The van der Waals surface area contributed by atoms with Crippen molar-refractivity contribution < 1.29 is 9.53 Å². The van der Waals surface area contributed by atoms with Gasteiger partial charge in [0.2, 0.25) is 0 Å². The van der Waals surface area contributed by atoms with Crippen LogP contribution in [-0.2, 0) is 14.9 Å². The number of carbonyl (C=O) groups is 1. The summed E-state index contributed by atoms with van der Waals surface area (Å²) in [4.78, 5) is 16.5. The molecule has 1 saturated heterocycles. The maximum atomic E-state index is 12.2. The molecule has 0 aliphatic carbocycles. The van der Waals surface area contributed by atoms with Crippen molar-refractivity contribution in [1.82, 2.24) is 9.80 Å². The van der Waals surface area contributed by atoms with Gasteiger partial charge in [0.25, 0.3) is 5.91 Å². The maximum absolute atomic E-state index is 12.2. The molecule has 5 nitrogen and oxygen atoms in total. The number of nitriles is 1. The fraction of sp³-hybridized carbons (Fsp3) is 0.652. The minimum absolute atomic E-state index is 0.0741. The second-order valence-corrected chi connectivity index (χ2v) is 8.20. The fourth-order valence-electron chi connectivity index (χ4n) is 4.18. The summed E-state index contributed by atoms with van der Waals surface area (Å²) in [7, 11) is 1.57. The van der Waals surface area contributed by atoms with Crippen molar-refractivity contribution in [2.75, 3.05) is 39.8 Å². The minimum atomic E-state index is -0.447. The van der Waals surface area contributed by atoms with E-state index in [9.17, 15) is 10.1 Å². The lowest BCUT2D eigenvalue weighted by molar-refractivity contribution is -0.142. The van der Waals surface area contributed by atoms with Gasteiger partial charge in [-0.15, -0.1) is 0 Å². The van der Waals surface area contributed by atoms with Gasteiger partial charge in [0.15, 0.2) is 0 Å². The van der Waals surface area contributed by atoms with Crippen LogP contribution in [0.4, 0.5) is 0 Å². The third-order valence-electron chi connectivity index (χ3n) is 6.24. The monoisotopic (exact) mass is 385 g/mol. The van der Waals surface area contributed by atoms with Gasteiger partial charge in [0, 0.05) is 33.3 Å². The first-order chi connectivity index (χ1) is 13.4. The number of rotatable bonds is 8. The van der Waals surface area contributed by atoms with Gasteiger partial charge < -0.3 is 9.64 Å². The molecule has 1 aromatic rings. The molecule has 1 aliphatic heterocycles. The Balaban J connectivity index is 1.93. The Kier molecular flexibility index (Phi) is 8.03. The second-order valence-electron chi connectivity index (χ2n) is 8.20. The number of carbonyl (C=O) groups excluding carboxylic acids is 1. The van der Waals surface area contributed by atoms with Gasteiger partial charge in [-0.2, -0.15) is 5.26 Å². The van der Waals surface area contributed by atoms with Crippen LogP contribution in [0.3, 0.4) is 0 Å². The van der Waals surface area contributed by atoms with Gasteiger partial charge in [-0.25, -0.2) is 0 Å². The van der Waals surface area contributed by atoms with Gasteiger partial charge in [-0.3, -0.25) is 9.69 Å². The molecule has 0 saturated carbocycles. The first-order valence-electron chi connectivity index (χ1n) is 10.4. The number of ether oxygens (including phenoxy) is 1. The molecule has 1 aliphatic rings. The van der Waals surface area contributed by atoms with Crippen molar-refractivity contribution >= 4 is 5.91 Å². The Morgan fingerprint density at radius 3 is 2.39 bits per heavy atom. The highest BCUT2D eigenvalue weighted by molar-refractivity contribution is 5.80. The van der Waals surface area contributed by atoms with Crippen LogP contribution in [-0.4, -0.2) is 61.6 Å². The predicted octanol–water partition coefficient (Wildman–Crippen LogP) is 3.37. The summed E-state index contributed by atoms with van der Waals surface area (Å²) in [5.41, 5.74) is 1.91. The molecular weight excluding hydrogens is 350 g/mol. The number of hydrogen-bond donors (Lipinski definition) is 0. The lowest BCUT2D eigenvalue weighted by Gasteiger charge is -2.37. The van der Waals surface area contributed by atoms with E-state index in [1.165, 1.54) is 5.56 Å². The predicted molar refractivity (Wildman–Crippen MR) is 112 cm³/mol. The quantitative estimate of drug-likeness (QED) is 0.688. The Hall–Kier alpha value is -1.90. The molecule has 28 heavy (non-hydrogen) atoms. The van der Waals surface area contributed by atoms with E-state index in [-0.39, 0.29) is 17.9 Å². The normalized spacial score (nSPS) is 18.5. The fourth-order valence-corrected chi connectivity index (χ4v) is 4.18. The molecule has 0 radical (unpaired) electrons. The summed E-state index contributed by atoms with van der Waals surface area (Å²) in [6.45, 7) is 12.4. The van der Waals surface area contributed by atoms with E-state index in [4.69, 9.17) is 4.74 Å². The number of aryl methyl sites for hydroxylation is 1. The molecule has 0 aromatic heterocycles. The third-order valence-corrected chi connectivity index (χ3v) is 6.24. The minimum Gasteiger partial charge on any atom is -0.372 e. The molecule has 1 aromatic carbocycles. The first-order valence-corrected chi connectivity index (χ1v) is 10.4. The SMILES string of the molecule is CO[C@H](C)C(=O)N1CCN(CCC[C@@](C#N)(c2ccccc2C)C(C)C)CC1. The van der Waals surface area contributed by atoms with Crippen LogP contribution >= 0.6 is 0 Å². The van der Waals surface area contributed by atoms with Crippen LogP contribution in [0.1, 0.15) is 44.7 Å². The Bertz CT molecular complexity index is 689. The molecule has 1 fully saturated rings. The largest absolute Gasteiger partial charge is 0.372 e. The molecular formula is C23H35N3O2. The summed E-state index contributed by atoms with van der Waals surface area (Å²) in [5.74, 6) is 0.327. The summed E-state index contributed by atoms with van der Waals surface area (Å²) in [6.07, 6.45) is 1.46. The van der Waals surface area contributed by atoms with Gasteiger partial charge in [0.05, 0.1) is 11.5 Å². The molecule has 5 heteroatoms. The molecule has 0 spiro atoms. The number of methoxy groups -OCH3 is 1. The summed E-state index contributed by atoms with van der Waals surface area (Å²) < 4.78 is 5.15. The van der Waals surface area contributed by atoms with Gasteiger partial charge in [0.1, 0.15) is 6.10 Å². The van der Waals surface area contributed by atoms with Crippen LogP contribution in [0.5, 0.6) is 0 Å². The first kappa shape index (κ1) is 22.4. The smallest absolute Gasteiger partial charge is 0.251 e. The zero-order valence-electron chi connectivity index (χ0n) is 18.1. The molecule has 2 rings (SSSR count). The van der Waals surface area contributed by atoms with Crippen LogP contribution in [0.25, 0.3) is 0 Å². The summed E-state index contributed by atoms with van der Waals surface area (Å²) >= 11 is 0. The lowest BCUT2D eigenvalue weighted by Crippen LogP contribution is -2.51. The molecule has 2 atom stereocenters. The highest BCUT2D eigenvalue weighted by Crippen LogP contribution is 2.38. The summed E-state index contributed by atoms with van der Waals surface area (Å²) in [5, 5.41) is 10.1. The van der Waals surface area contributed by atoms with Crippen molar-refractivity contribution in [3.8, 4) is 6.07 Å². The second kappa shape index (κ2) is 10.0. The van der Waals surface area contributed by atoms with E-state index in [1.807, 2.05) is 17.0 Å². The molecule has 154 valence electrons. The Labute approximate surface area is 170 Å². The molecule has 1 amide bonds. The number of benzene rings is 1.